The van der Waals surface area contributed by atoms with Crippen LogP contribution in [-0.4, -0.2) is 43.4 Å². The number of nitrogens with zero attached hydrogens (tertiary/aromatic N) is 5. The number of amides is 2. The van der Waals surface area contributed by atoms with Gasteiger partial charge < -0.3 is 14.6 Å². The summed E-state index contributed by atoms with van der Waals surface area (Å²) in [6.45, 7) is 4.37. The quantitative estimate of drug-likeness (QED) is 0.220. The number of hydrogen-bond donors (Lipinski definition) is 1. The third-order valence-corrected chi connectivity index (χ3v) is 9.29. The van der Waals surface area contributed by atoms with Gasteiger partial charge in [0, 0.05) is 42.3 Å². The van der Waals surface area contributed by atoms with Crippen LogP contribution >= 0.6 is 11.3 Å². The van der Waals surface area contributed by atoms with E-state index >= 15 is 0 Å². The first kappa shape index (κ1) is 28.9. The number of carbonyl (C=O) groups excluding carboxylic acids is 2. The number of fused-ring (bicyclic) bond motifs is 3. The zero-order valence-electron chi connectivity index (χ0n) is 24.6. The second-order valence-corrected chi connectivity index (χ2v) is 12.4. The molecule has 0 unspecified atom stereocenters. The van der Waals surface area contributed by atoms with E-state index < -0.39 is 11.6 Å². The molecular weight excluding hydrogens is 598 g/mol. The Morgan fingerprint density at radius 1 is 1.04 bits per heavy atom. The minimum Gasteiger partial charge on any atom is -0.421 e. The van der Waals surface area contributed by atoms with Crippen molar-refractivity contribution in [3.63, 3.8) is 0 Å². The molecule has 2 aliphatic rings. The van der Waals surface area contributed by atoms with Crippen molar-refractivity contribution in [2.75, 3.05) is 6.54 Å². The van der Waals surface area contributed by atoms with Gasteiger partial charge in [0.25, 0.3) is 11.8 Å². The lowest BCUT2D eigenvalue weighted by molar-refractivity contribution is 0.0776. The van der Waals surface area contributed by atoms with E-state index in [-0.39, 0.29) is 30.3 Å². The fourth-order valence-electron chi connectivity index (χ4n) is 6.01. The molecule has 4 aromatic heterocycles. The Labute approximate surface area is 261 Å². The molecule has 228 valence electrons. The van der Waals surface area contributed by atoms with Gasteiger partial charge in [0.05, 0.1) is 33.4 Å². The minimum atomic E-state index is -0.977. The van der Waals surface area contributed by atoms with Crippen LogP contribution in [-0.2, 0) is 19.4 Å². The van der Waals surface area contributed by atoms with Gasteiger partial charge in [-0.3, -0.25) is 19.6 Å². The van der Waals surface area contributed by atoms with E-state index in [2.05, 4.69) is 20.5 Å². The van der Waals surface area contributed by atoms with Crippen LogP contribution in [0.1, 0.15) is 73.0 Å². The number of thiophene rings is 1. The molecule has 12 heteroatoms. The van der Waals surface area contributed by atoms with Gasteiger partial charge in [-0.25, -0.2) is 8.78 Å². The zero-order valence-corrected chi connectivity index (χ0v) is 25.4. The summed E-state index contributed by atoms with van der Waals surface area (Å²) in [6.07, 6.45) is 4.68. The summed E-state index contributed by atoms with van der Waals surface area (Å²) in [5.74, 6) is -1.78. The molecule has 0 spiro atoms. The summed E-state index contributed by atoms with van der Waals surface area (Å²) < 4.78 is 33.0. The highest BCUT2D eigenvalue weighted by atomic mass is 32.1. The Hall–Kier alpha value is -4.84. The number of pyridine rings is 2. The lowest BCUT2D eigenvalue weighted by Gasteiger charge is -2.16. The highest BCUT2D eigenvalue weighted by molar-refractivity contribution is 7.17. The predicted octanol–water partition coefficient (Wildman–Crippen LogP) is 6.16. The molecule has 9 nitrogen and oxygen atoms in total. The number of benzene rings is 1. The average molecular weight is 627 g/mol. The molecule has 0 saturated carbocycles. The number of hydrogen-bond acceptors (Lipinski definition) is 8. The number of aryl methyl sites for hydroxylation is 4. The maximum absolute atomic E-state index is 13.9. The van der Waals surface area contributed by atoms with Gasteiger partial charge in [0.15, 0.2) is 11.6 Å². The van der Waals surface area contributed by atoms with Crippen LogP contribution in [0.5, 0.6) is 0 Å². The van der Waals surface area contributed by atoms with E-state index in [1.54, 1.807) is 13.0 Å². The van der Waals surface area contributed by atoms with Crippen molar-refractivity contribution in [3.05, 3.63) is 105 Å². The van der Waals surface area contributed by atoms with Crippen LogP contribution in [0.25, 0.3) is 21.9 Å². The Kier molecular flexibility index (Phi) is 7.44. The SMILES string of the molecule is Cc1ccc(CCc2nc3c(c(-c4ccc(C(=O)NCc5ccc(F)c(F)c5)s4)c2-c2nnc(C)o2)C(=O)N2CCC[C@@H]32)nc1. The van der Waals surface area contributed by atoms with Crippen LogP contribution in [0, 0.1) is 25.5 Å². The third-order valence-electron chi connectivity index (χ3n) is 8.19. The molecule has 5 aromatic rings. The molecule has 0 radical (unpaired) electrons. The third kappa shape index (κ3) is 5.39. The smallest absolute Gasteiger partial charge is 0.261 e. The topological polar surface area (TPSA) is 114 Å². The minimum absolute atomic E-state index is 0.0206. The van der Waals surface area contributed by atoms with E-state index in [9.17, 15) is 18.4 Å². The summed E-state index contributed by atoms with van der Waals surface area (Å²) >= 11 is 1.22. The number of carbonyl (C=O) groups is 2. The molecule has 0 aliphatic carbocycles. The molecule has 1 saturated heterocycles. The van der Waals surface area contributed by atoms with Crippen molar-refractivity contribution in [2.45, 2.75) is 52.1 Å². The molecule has 7 rings (SSSR count). The summed E-state index contributed by atoms with van der Waals surface area (Å²) in [5, 5.41) is 11.2. The summed E-state index contributed by atoms with van der Waals surface area (Å²) in [5.41, 5.74) is 5.56. The van der Waals surface area contributed by atoms with Gasteiger partial charge in [-0.1, -0.05) is 12.1 Å². The van der Waals surface area contributed by atoms with Crippen LogP contribution in [0.4, 0.5) is 8.78 Å². The monoisotopic (exact) mass is 626 g/mol. The van der Waals surface area contributed by atoms with E-state index in [0.717, 1.165) is 41.9 Å². The first-order valence-corrected chi connectivity index (χ1v) is 15.5. The first-order chi connectivity index (χ1) is 21.8. The van der Waals surface area contributed by atoms with E-state index in [4.69, 9.17) is 9.40 Å². The second kappa shape index (κ2) is 11.6. The molecule has 6 heterocycles. The maximum Gasteiger partial charge on any atom is 0.261 e. The molecule has 1 atom stereocenters. The molecule has 0 bridgehead atoms. The Balaban J connectivity index is 1.31. The van der Waals surface area contributed by atoms with Crippen molar-refractivity contribution in [1.29, 1.82) is 0 Å². The number of rotatable bonds is 8. The van der Waals surface area contributed by atoms with Crippen molar-refractivity contribution in [3.8, 4) is 21.9 Å². The van der Waals surface area contributed by atoms with Gasteiger partial charge in [0.1, 0.15) is 0 Å². The van der Waals surface area contributed by atoms with Crippen molar-refractivity contribution >= 4 is 23.2 Å². The van der Waals surface area contributed by atoms with Crippen molar-refractivity contribution in [1.82, 2.24) is 30.4 Å². The molecule has 1 N–H and O–H groups in total. The van der Waals surface area contributed by atoms with Crippen LogP contribution in [0.3, 0.4) is 0 Å². The Morgan fingerprint density at radius 3 is 2.67 bits per heavy atom. The number of nitrogens with one attached hydrogen (secondary N) is 1. The summed E-state index contributed by atoms with van der Waals surface area (Å²) in [4.78, 5) is 39.7. The number of halogens is 2. The fourth-order valence-corrected chi connectivity index (χ4v) is 6.99. The first-order valence-electron chi connectivity index (χ1n) is 14.7. The van der Waals surface area contributed by atoms with Crippen molar-refractivity contribution in [2.24, 2.45) is 0 Å². The molecule has 1 aromatic carbocycles. The highest BCUT2D eigenvalue weighted by Crippen LogP contribution is 2.49. The van der Waals surface area contributed by atoms with Gasteiger partial charge in [-0.15, -0.1) is 21.5 Å². The molecule has 2 aliphatic heterocycles. The zero-order chi connectivity index (χ0) is 31.2. The lowest BCUT2D eigenvalue weighted by atomic mass is 9.93. The fraction of sp³-hybridized carbons (Fsp3) is 0.273. The highest BCUT2D eigenvalue weighted by Gasteiger charge is 2.44. The number of aromatic nitrogens is 4. The van der Waals surface area contributed by atoms with Gasteiger partial charge in [0.2, 0.25) is 11.8 Å². The Morgan fingerprint density at radius 2 is 1.91 bits per heavy atom. The summed E-state index contributed by atoms with van der Waals surface area (Å²) in [7, 11) is 0. The molecule has 2 amide bonds. The van der Waals surface area contributed by atoms with E-state index in [0.29, 0.717) is 63.0 Å². The van der Waals surface area contributed by atoms with Crippen LogP contribution in [0.2, 0.25) is 0 Å². The normalized spacial score (nSPS) is 15.4. The standard InChI is InChI=1S/C33H28F2N6O3S/c1-17-5-7-20(36-15-17)8-10-23-27(32-40-39-18(2)44-32)28(29-30(38-23)24-4-3-13-41(24)33(29)43)25-11-12-26(45-25)31(42)37-16-19-6-9-21(34)22(35)14-19/h5-7,9,11-12,14-15,24H,3-4,8,10,13,16H2,1-2H3,(H,37,42)/t24-/m0/s1. The Bertz CT molecular complexity index is 1950. The molecule has 1 fully saturated rings. The second-order valence-electron chi connectivity index (χ2n) is 11.3. The predicted molar refractivity (Wildman–Crippen MR) is 163 cm³/mol. The molecular formula is C33H28F2N6O3S. The van der Waals surface area contributed by atoms with Crippen LogP contribution < -0.4 is 5.32 Å². The van der Waals surface area contributed by atoms with Crippen molar-refractivity contribution < 1.29 is 22.8 Å². The molecule has 45 heavy (non-hydrogen) atoms. The maximum atomic E-state index is 13.9. The van der Waals surface area contributed by atoms with E-state index in [1.807, 2.05) is 36.2 Å². The van der Waals surface area contributed by atoms with Gasteiger partial charge in [-0.05, 0) is 74.1 Å². The largest absolute Gasteiger partial charge is 0.421 e. The summed E-state index contributed by atoms with van der Waals surface area (Å²) in [6, 6.07) is 10.9. The van der Waals surface area contributed by atoms with Gasteiger partial charge >= 0.3 is 0 Å². The van der Waals surface area contributed by atoms with Gasteiger partial charge in [-0.2, -0.15) is 0 Å². The van der Waals surface area contributed by atoms with Crippen LogP contribution in [0.15, 0.2) is 53.1 Å². The average Bonchev–Trinajstić information content (AvgIpc) is 3.84. The lowest BCUT2D eigenvalue weighted by Crippen LogP contribution is -2.23. The van der Waals surface area contributed by atoms with E-state index in [1.165, 1.54) is 17.4 Å².